The summed E-state index contributed by atoms with van der Waals surface area (Å²) in [5, 5.41) is 11.2. The number of hydrogen-bond acceptors (Lipinski definition) is 6. The molecule has 0 spiro atoms. The molecular weight excluding hydrogens is 372 g/mol. The number of aliphatic hydroxyl groups is 1. The van der Waals surface area contributed by atoms with Crippen LogP contribution in [0.25, 0.3) is 0 Å². The van der Waals surface area contributed by atoms with Gasteiger partial charge in [-0.1, -0.05) is 19.4 Å². The van der Waals surface area contributed by atoms with Crippen LogP contribution in [0.15, 0.2) is 23.8 Å². The number of allylic oxidation sites excluding steroid dienone is 1. The molecule has 0 bridgehead atoms. The quantitative estimate of drug-likeness (QED) is 0.574. The average molecular weight is 405 g/mol. The molecule has 0 heterocycles. The fourth-order valence-electron chi connectivity index (χ4n) is 6.22. The molecule has 6 heteroatoms. The molecule has 0 radical (unpaired) electrons. The summed E-state index contributed by atoms with van der Waals surface area (Å²) in [6.45, 7) is 10.8. The summed E-state index contributed by atoms with van der Waals surface area (Å²) < 4.78 is 10.7. The molecule has 29 heavy (non-hydrogen) atoms. The van der Waals surface area contributed by atoms with Gasteiger partial charge < -0.3 is 14.6 Å². The summed E-state index contributed by atoms with van der Waals surface area (Å²) in [6, 6.07) is 0. The number of hydrogen-bond donors (Lipinski definition) is 1. The zero-order valence-electron chi connectivity index (χ0n) is 18.0. The van der Waals surface area contributed by atoms with Crippen LogP contribution in [0.4, 0.5) is 0 Å². The molecule has 3 rings (SSSR count). The van der Waals surface area contributed by atoms with Crippen molar-refractivity contribution in [3.8, 4) is 0 Å². The van der Waals surface area contributed by atoms with E-state index in [-0.39, 0.29) is 24.1 Å². The van der Waals surface area contributed by atoms with Crippen LogP contribution in [0, 0.1) is 22.2 Å². The molecule has 0 aromatic heterocycles. The van der Waals surface area contributed by atoms with E-state index >= 15 is 0 Å². The van der Waals surface area contributed by atoms with Crippen LogP contribution in [0.3, 0.4) is 0 Å². The fraction of sp³-hybridized carbons (Fsp3) is 0.696. The molecular formula is C23H32O6. The third kappa shape index (κ3) is 3.07. The van der Waals surface area contributed by atoms with Crippen molar-refractivity contribution in [2.45, 2.75) is 72.0 Å². The third-order valence-corrected chi connectivity index (χ3v) is 7.73. The van der Waals surface area contributed by atoms with Crippen molar-refractivity contribution in [2.75, 3.05) is 7.11 Å². The van der Waals surface area contributed by atoms with E-state index in [1.54, 1.807) is 13.0 Å². The molecule has 0 amide bonds. The van der Waals surface area contributed by atoms with Gasteiger partial charge in [0.1, 0.15) is 6.10 Å². The van der Waals surface area contributed by atoms with Gasteiger partial charge in [0.25, 0.3) is 0 Å². The number of methoxy groups -OCH3 is 1. The maximum atomic E-state index is 13.5. The van der Waals surface area contributed by atoms with Crippen LogP contribution >= 0.6 is 0 Å². The van der Waals surface area contributed by atoms with Crippen molar-refractivity contribution < 1.29 is 29.0 Å². The lowest BCUT2D eigenvalue weighted by Gasteiger charge is -2.58. The minimum Gasteiger partial charge on any atom is -0.469 e. The molecule has 1 fully saturated rings. The van der Waals surface area contributed by atoms with Gasteiger partial charge >= 0.3 is 11.9 Å². The number of aliphatic hydroxyl groups excluding tert-OH is 1. The van der Waals surface area contributed by atoms with Gasteiger partial charge in [-0.2, -0.15) is 0 Å². The van der Waals surface area contributed by atoms with E-state index in [0.717, 1.165) is 12.8 Å². The second-order valence-electron chi connectivity index (χ2n) is 9.56. The van der Waals surface area contributed by atoms with Gasteiger partial charge in [0.2, 0.25) is 0 Å². The summed E-state index contributed by atoms with van der Waals surface area (Å²) in [4.78, 5) is 38.1. The van der Waals surface area contributed by atoms with E-state index in [9.17, 15) is 19.5 Å². The first-order valence-electron chi connectivity index (χ1n) is 10.3. The van der Waals surface area contributed by atoms with E-state index < -0.39 is 34.4 Å². The Bertz CT molecular complexity index is 797. The van der Waals surface area contributed by atoms with Gasteiger partial charge in [-0.25, -0.2) is 0 Å². The highest BCUT2D eigenvalue weighted by Gasteiger charge is 2.62. The number of fused-ring (bicyclic) bond motifs is 2. The standard InChI is InChI=1S/C23H32O6/c1-7-21(3)12-14(25)18-17(19(21)26)15(29-13(2)24)11-16-22(18,4)9-8-10-23(16,5)20(27)28-6/h7,14-16,25H,1,8-12H2,2-6H3/t14-,15-,16-,21+,22+,23-/m1/s1. The predicted molar refractivity (Wildman–Crippen MR) is 107 cm³/mol. The number of esters is 2. The maximum absolute atomic E-state index is 13.5. The van der Waals surface area contributed by atoms with Gasteiger partial charge in [-0.3, -0.25) is 14.4 Å². The zero-order valence-corrected chi connectivity index (χ0v) is 18.0. The zero-order chi connectivity index (χ0) is 21.8. The Balaban J connectivity index is 2.24. The number of carbonyl (C=O) groups excluding carboxylic acids is 3. The van der Waals surface area contributed by atoms with Gasteiger partial charge in [-0.05, 0) is 56.4 Å². The molecule has 0 aromatic carbocycles. The maximum Gasteiger partial charge on any atom is 0.311 e. The Morgan fingerprint density at radius 2 is 1.90 bits per heavy atom. The molecule has 1 N–H and O–H groups in total. The van der Waals surface area contributed by atoms with Crippen LogP contribution in [-0.2, 0) is 23.9 Å². The van der Waals surface area contributed by atoms with E-state index in [1.165, 1.54) is 14.0 Å². The SMILES string of the molecule is C=C[C@@]1(C)C[C@@H](O)C2=C(C1=O)[C@H](OC(C)=O)C[C@H]1[C@](C)(C(=O)OC)CCC[C@]21C. The Morgan fingerprint density at radius 3 is 2.45 bits per heavy atom. The molecule has 0 saturated heterocycles. The summed E-state index contributed by atoms with van der Waals surface area (Å²) in [6.07, 6.45) is 2.70. The lowest BCUT2D eigenvalue weighted by atomic mass is 9.46. The Labute approximate surface area is 172 Å². The molecule has 0 unspecified atom stereocenters. The average Bonchev–Trinajstić information content (AvgIpc) is 2.65. The highest BCUT2D eigenvalue weighted by atomic mass is 16.5. The van der Waals surface area contributed by atoms with E-state index in [4.69, 9.17) is 9.47 Å². The smallest absolute Gasteiger partial charge is 0.311 e. The Kier molecular flexibility index (Phi) is 5.31. The third-order valence-electron chi connectivity index (χ3n) is 7.73. The first-order valence-corrected chi connectivity index (χ1v) is 10.3. The summed E-state index contributed by atoms with van der Waals surface area (Å²) >= 11 is 0. The summed E-state index contributed by atoms with van der Waals surface area (Å²) in [7, 11) is 1.38. The monoisotopic (exact) mass is 404 g/mol. The fourth-order valence-corrected chi connectivity index (χ4v) is 6.22. The predicted octanol–water partition coefficient (Wildman–Crippen LogP) is 3.13. The highest BCUT2D eigenvalue weighted by molar-refractivity contribution is 6.04. The number of Topliss-reactive ketones (excluding diaryl/α,β-unsaturated/α-hetero) is 1. The molecule has 160 valence electrons. The molecule has 3 aliphatic carbocycles. The van der Waals surface area contributed by atoms with Crippen molar-refractivity contribution >= 4 is 17.7 Å². The largest absolute Gasteiger partial charge is 0.469 e. The second-order valence-corrected chi connectivity index (χ2v) is 9.56. The van der Waals surface area contributed by atoms with Crippen molar-refractivity contribution in [1.82, 2.24) is 0 Å². The van der Waals surface area contributed by atoms with Crippen LogP contribution in [-0.4, -0.2) is 42.1 Å². The van der Waals surface area contributed by atoms with Gasteiger partial charge in [0, 0.05) is 12.5 Å². The van der Waals surface area contributed by atoms with Crippen LogP contribution in [0.1, 0.15) is 59.8 Å². The van der Waals surface area contributed by atoms with Crippen molar-refractivity contribution in [1.29, 1.82) is 0 Å². The second kappa shape index (κ2) is 7.08. The van der Waals surface area contributed by atoms with Crippen LogP contribution in [0.2, 0.25) is 0 Å². The summed E-state index contributed by atoms with van der Waals surface area (Å²) in [5.41, 5.74) is -1.21. The minimum atomic E-state index is -0.917. The van der Waals surface area contributed by atoms with Crippen molar-refractivity contribution in [3.05, 3.63) is 23.8 Å². The summed E-state index contributed by atoms with van der Waals surface area (Å²) in [5.74, 6) is -1.15. The Hall–Kier alpha value is -1.95. The number of rotatable bonds is 3. The van der Waals surface area contributed by atoms with E-state index in [0.29, 0.717) is 24.0 Å². The van der Waals surface area contributed by atoms with E-state index in [1.807, 2.05) is 13.8 Å². The first kappa shape index (κ1) is 21.8. The molecule has 6 nitrogen and oxygen atoms in total. The molecule has 3 aliphatic rings. The number of ketones is 1. The van der Waals surface area contributed by atoms with Gasteiger partial charge in [-0.15, -0.1) is 6.58 Å². The van der Waals surface area contributed by atoms with Crippen LogP contribution < -0.4 is 0 Å². The minimum absolute atomic E-state index is 0.149. The van der Waals surface area contributed by atoms with Gasteiger partial charge in [0.15, 0.2) is 5.78 Å². The normalized spacial score (nSPS) is 41.9. The van der Waals surface area contributed by atoms with Crippen molar-refractivity contribution in [3.63, 3.8) is 0 Å². The molecule has 0 aliphatic heterocycles. The molecule has 6 atom stereocenters. The van der Waals surface area contributed by atoms with E-state index in [2.05, 4.69) is 6.58 Å². The Morgan fingerprint density at radius 1 is 1.24 bits per heavy atom. The van der Waals surface area contributed by atoms with Crippen LogP contribution in [0.5, 0.6) is 0 Å². The van der Waals surface area contributed by atoms with Gasteiger partial charge in [0.05, 0.1) is 24.0 Å². The number of carbonyl (C=O) groups is 3. The number of ether oxygens (including phenoxy) is 2. The lowest BCUT2D eigenvalue weighted by Crippen LogP contribution is -2.58. The van der Waals surface area contributed by atoms with Crippen molar-refractivity contribution in [2.24, 2.45) is 22.2 Å². The molecule has 1 saturated carbocycles. The highest BCUT2D eigenvalue weighted by Crippen LogP contribution is 2.63. The first-order chi connectivity index (χ1) is 13.4. The molecule has 0 aromatic rings. The lowest BCUT2D eigenvalue weighted by molar-refractivity contribution is -0.168. The topological polar surface area (TPSA) is 89.9 Å².